The van der Waals surface area contributed by atoms with Gasteiger partial charge in [0.05, 0.1) is 11.7 Å². The van der Waals surface area contributed by atoms with Crippen molar-refractivity contribution in [1.82, 2.24) is 20.0 Å². The van der Waals surface area contributed by atoms with Crippen LogP contribution in [0, 0.1) is 0 Å². The van der Waals surface area contributed by atoms with Gasteiger partial charge in [0.2, 0.25) is 5.91 Å². The average molecular weight is 379 g/mol. The SMILES string of the molecule is O=C(/C=C/c1c(Cl)nc2sccn12)NCC1NCCc2sccc21. The van der Waals surface area contributed by atoms with Crippen molar-refractivity contribution >= 4 is 51.2 Å². The van der Waals surface area contributed by atoms with E-state index in [0.29, 0.717) is 11.7 Å². The molecule has 0 spiro atoms. The number of carbonyl (C=O) groups excluding carboxylic acids is 1. The van der Waals surface area contributed by atoms with Crippen LogP contribution in [-0.2, 0) is 11.2 Å². The van der Waals surface area contributed by atoms with E-state index < -0.39 is 0 Å². The number of nitrogens with one attached hydrogen (secondary N) is 2. The van der Waals surface area contributed by atoms with Crippen molar-refractivity contribution in [2.45, 2.75) is 12.5 Å². The van der Waals surface area contributed by atoms with Gasteiger partial charge in [0.1, 0.15) is 0 Å². The minimum absolute atomic E-state index is 0.139. The molecule has 1 aliphatic heterocycles. The van der Waals surface area contributed by atoms with Gasteiger partial charge in [-0.05, 0) is 29.5 Å². The molecule has 0 bridgehead atoms. The van der Waals surface area contributed by atoms with Gasteiger partial charge < -0.3 is 10.6 Å². The molecule has 0 fully saturated rings. The third-order valence-corrected chi connectivity index (χ3v) is 6.06. The molecule has 5 nitrogen and oxygen atoms in total. The van der Waals surface area contributed by atoms with Gasteiger partial charge >= 0.3 is 0 Å². The molecule has 0 radical (unpaired) electrons. The van der Waals surface area contributed by atoms with E-state index in [1.54, 1.807) is 17.4 Å². The third-order valence-electron chi connectivity index (χ3n) is 4.03. The summed E-state index contributed by atoms with van der Waals surface area (Å²) in [5, 5.41) is 10.9. The number of hydrogen-bond acceptors (Lipinski definition) is 5. The molecule has 3 aromatic rings. The topological polar surface area (TPSA) is 58.4 Å². The number of fused-ring (bicyclic) bond motifs is 2. The molecule has 0 aliphatic carbocycles. The summed E-state index contributed by atoms with van der Waals surface area (Å²) in [5.74, 6) is -0.139. The summed E-state index contributed by atoms with van der Waals surface area (Å²) in [5.41, 5.74) is 2.02. The fourth-order valence-electron chi connectivity index (χ4n) is 2.86. The first-order valence-corrected chi connectivity index (χ1v) is 9.72. The summed E-state index contributed by atoms with van der Waals surface area (Å²) < 4.78 is 1.87. The van der Waals surface area contributed by atoms with E-state index >= 15 is 0 Å². The Morgan fingerprint density at radius 2 is 2.42 bits per heavy atom. The fourth-order valence-corrected chi connectivity index (χ4v) is 4.81. The predicted octanol–water partition coefficient (Wildman–Crippen LogP) is 3.13. The van der Waals surface area contributed by atoms with Crippen LogP contribution in [0.25, 0.3) is 11.0 Å². The Labute approximate surface area is 152 Å². The van der Waals surface area contributed by atoms with E-state index in [2.05, 4.69) is 27.1 Å². The summed E-state index contributed by atoms with van der Waals surface area (Å²) in [7, 11) is 0. The number of hydrogen-bond donors (Lipinski definition) is 2. The zero-order valence-corrected chi connectivity index (χ0v) is 15.0. The lowest BCUT2D eigenvalue weighted by molar-refractivity contribution is -0.116. The maximum absolute atomic E-state index is 12.1. The lowest BCUT2D eigenvalue weighted by Crippen LogP contribution is -2.37. The van der Waals surface area contributed by atoms with E-state index in [1.165, 1.54) is 27.9 Å². The quantitative estimate of drug-likeness (QED) is 0.686. The summed E-state index contributed by atoms with van der Waals surface area (Å²) in [6, 6.07) is 2.32. The molecule has 124 valence electrons. The first-order valence-electron chi connectivity index (χ1n) is 7.59. The van der Waals surface area contributed by atoms with E-state index in [9.17, 15) is 4.79 Å². The summed E-state index contributed by atoms with van der Waals surface area (Å²) in [6.07, 6.45) is 6.16. The van der Waals surface area contributed by atoms with Crippen molar-refractivity contribution in [2.75, 3.05) is 13.1 Å². The van der Waals surface area contributed by atoms with Gasteiger partial charge in [0, 0.05) is 35.6 Å². The van der Waals surface area contributed by atoms with Crippen molar-refractivity contribution in [2.24, 2.45) is 0 Å². The zero-order chi connectivity index (χ0) is 16.5. The van der Waals surface area contributed by atoms with Crippen LogP contribution >= 0.6 is 34.3 Å². The molecule has 4 rings (SSSR count). The zero-order valence-electron chi connectivity index (χ0n) is 12.7. The van der Waals surface area contributed by atoms with Crippen molar-refractivity contribution in [3.05, 3.63) is 50.4 Å². The van der Waals surface area contributed by atoms with Gasteiger partial charge in [-0.1, -0.05) is 11.6 Å². The number of amides is 1. The maximum Gasteiger partial charge on any atom is 0.244 e. The highest BCUT2D eigenvalue weighted by Gasteiger charge is 2.20. The van der Waals surface area contributed by atoms with Gasteiger partial charge in [-0.3, -0.25) is 9.20 Å². The molecule has 1 aliphatic rings. The second kappa shape index (κ2) is 6.68. The Kier molecular flexibility index (Phi) is 4.41. The van der Waals surface area contributed by atoms with E-state index in [0.717, 1.165) is 23.6 Å². The molecule has 8 heteroatoms. The molecule has 0 saturated carbocycles. The van der Waals surface area contributed by atoms with Gasteiger partial charge in [-0.2, -0.15) is 0 Å². The van der Waals surface area contributed by atoms with Gasteiger partial charge in [-0.25, -0.2) is 4.98 Å². The Bertz CT molecular complexity index is 910. The molecule has 1 unspecified atom stereocenters. The predicted molar refractivity (Wildman–Crippen MR) is 98.9 cm³/mol. The van der Waals surface area contributed by atoms with Crippen molar-refractivity contribution in [3.63, 3.8) is 0 Å². The van der Waals surface area contributed by atoms with Crippen molar-refractivity contribution in [1.29, 1.82) is 0 Å². The number of rotatable bonds is 4. The smallest absolute Gasteiger partial charge is 0.244 e. The number of carbonyl (C=O) groups is 1. The van der Waals surface area contributed by atoms with E-state index in [-0.39, 0.29) is 11.9 Å². The van der Waals surface area contributed by atoms with Crippen LogP contribution < -0.4 is 10.6 Å². The number of thiophene rings is 1. The second-order valence-corrected chi connectivity index (χ2v) is 7.71. The molecule has 2 N–H and O–H groups in total. The monoisotopic (exact) mass is 378 g/mol. The summed E-state index contributed by atoms with van der Waals surface area (Å²) in [6.45, 7) is 1.52. The summed E-state index contributed by atoms with van der Waals surface area (Å²) in [4.78, 5) is 18.6. The lowest BCUT2D eigenvalue weighted by Gasteiger charge is -2.24. The first-order chi connectivity index (χ1) is 11.7. The highest BCUT2D eigenvalue weighted by atomic mass is 35.5. The molecule has 1 amide bonds. The van der Waals surface area contributed by atoms with Gasteiger partial charge in [-0.15, -0.1) is 22.7 Å². The number of imidazole rings is 1. The third kappa shape index (κ3) is 3.00. The Balaban J connectivity index is 1.41. The van der Waals surface area contributed by atoms with Crippen LogP contribution in [0.1, 0.15) is 22.2 Å². The number of aromatic nitrogens is 2. The number of halogens is 1. The van der Waals surface area contributed by atoms with Gasteiger partial charge in [0.25, 0.3) is 0 Å². The number of nitrogens with zero attached hydrogens (tertiary/aromatic N) is 2. The largest absolute Gasteiger partial charge is 0.351 e. The van der Waals surface area contributed by atoms with Crippen molar-refractivity contribution < 1.29 is 4.79 Å². The molecule has 24 heavy (non-hydrogen) atoms. The lowest BCUT2D eigenvalue weighted by atomic mass is 10.0. The Morgan fingerprint density at radius 1 is 1.50 bits per heavy atom. The highest BCUT2D eigenvalue weighted by molar-refractivity contribution is 7.15. The Morgan fingerprint density at radius 3 is 3.33 bits per heavy atom. The first kappa shape index (κ1) is 15.8. The van der Waals surface area contributed by atoms with Crippen molar-refractivity contribution in [3.8, 4) is 0 Å². The fraction of sp³-hybridized carbons (Fsp3) is 0.250. The van der Waals surface area contributed by atoms with Crippen LogP contribution in [-0.4, -0.2) is 28.4 Å². The summed E-state index contributed by atoms with van der Waals surface area (Å²) >= 11 is 9.41. The molecule has 4 heterocycles. The highest BCUT2D eigenvalue weighted by Crippen LogP contribution is 2.27. The van der Waals surface area contributed by atoms with Crippen LogP contribution in [0.3, 0.4) is 0 Å². The second-order valence-electron chi connectivity index (χ2n) is 5.48. The molecule has 3 aromatic heterocycles. The Hall–Kier alpha value is -1.67. The van der Waals surface area contributed by atoms with Crippen LogP contribution in [0.4, 0.5) is 0 Å². The minimum atomic E-state index is -0.139. The van der Waals surface area contributed by atoms with Crippen LogP contribution in [0.5, 0.6) is 0 Å². The average Bonchev–Trinajstić information content (AvgIpc) is 3.27. The molecule has 1 atom stereocenters. The normalized spacial score (nSPS) is 17.5. The van der Waals surface area contributed by atoms with Gasteiger partial charge in [0.15, 0.2) is 10.1 Å². The molecular weight excluding hydrogens is 364 g/mol. The standard InChI is InChI=1S/C16H15ClN4OS2/c17-15-12(21-6-8-24-16(21)20-15)1-2-14(22)19-9-11-10-4-7-23-13(10)3-5-18-11/h1-2,4,6-8,11,18H,3,5,9H2,(H,19,22)/b2-1+. The molecular formula is C16H15ClN4OS2. The molecule has 0 saturated heterocycles. The number of thiazole rings is 1. The van der Waals surface area contributed by atoms with E-state index in [4.69, 9.17) is 11.6 Å². The minimum Gasteiger partial charge on any atom is -0.351 e. The van der Waals surface area contributed by atoms with Crippen LogP contribution in [0.15, 0.2) is 29.1 Å². The maximum atomic E-state index is 12.1. The van der Waals surface area contributed by atoms with E-state index in [1.807, 2.05) is 16.0 Å². The van der Waals surface area contributed by atoms with Crippen LogP contribution in [0.2, 0.25) is 5.15 Å². The molecule has 0 aromatic carbocycles.